The Hall–Kier alpha value is -7.21. The van der Waals surface area contributed by atoms with Gasteiger partial charge >= 0.3 is 24.7 Å². The molecule has 0 bridgehead atoms. The number of primary amides is 2. The van der Waals surface area contributed by atoms with Gasteiger partial charge in [0.25, 0.3) is 7.41 Å². The Morgan fingerprint density at radius 1 is 0.536 bits per heavy atom. The summed E-state index contributed by atoms with van der Waals surface area (Å²) < 4.78 is 162. The van der Waals surface area contributed by atoms with Crippen molar-refractivity contribution in [1.29, 1.82) is 0 Å². The van der Waals surface area contributed by atoms with Crippen LogP contribution in [-0.4, -0.2) is 88.3 Å². The molecule has 2 aliphatic rings. The van der Waals surface area contributed by atoms with Gasteiger partial charge in [0, 0.05) is 25.2 Å². The molecule has 2 aliphatic heterocycles. The molecule has 0 spiro atoms. The lowest BCUT2D eigenvalue weighted by atomic mass is 9.84. The first-order valence-electron chi connectivity index (χ1n) is 26.3. The Morgan fingerprint density at radius 3 is 1.24 bits per heavy atom. The second-order valence-corrected chi connectivity index (χ2v) is 20.5. The Morgan fingerprint density at radius 2 is 0.905 bits per heavy atom. The van der Waals surface area contributed by atoms with Crippen molar-refractivity contribution in [2.45, 2.75) is 128 Å². The predicted octanol–water partition coefficient (Wildman–Crippen LogP) is 11.9. The summed E-state index contributed by atoms with van der Waals surface area (Å²) in [5, 5.41) is 0. The highest BCUT2D eigenvalue weighted by Gasteiger charge is 2.37. The lowest BCUT2D eigenvalue weighted by Crippen LogP contribution is -2.36. The number of hydrogen-bond donors (Lipinski definition) is 2. The molecule has 0 saturated carbocycles. The van der Waals surface area contributed by atoms with Crippen molar-refractivity contribution < 1.29 is 67.1 Å². The molecule has 6 aromatic rings. The molecule has 0 unspecified atom stereocenters. The number of nitrogens with two attached hydrogens (primary N) is 2. The molecule has 2 aromatic heterocycles. The van der Waals surface area contributed by atoms with Crippen LogP contribution < -0.4 is 11.5 Å². The molecule has 8 rings (SSSR count). The summed E-state index contributed by atoms with van der Waals surface area (Å²) in [6.45, 7) is 3.61. The minimum absolute atomic E-state index is 0. The van der Waals surface area contributed by atoms with Gasteiger partial charge in [-0.3, -0.25) is 9.59 Å². The number of carbonyl (C=O) groups excluding carboxylic acids is 3. The Balaban J connectivity index is 0.000000300. The van der Waals surface area contributed by atoms with E-state index in [-0.39, 0.29) is 112 Å². The van der Waals surface area contributed by atoms with Crippen molar-refractivity contribution in [2.24, 2.45) is 11.5 Å². The van der Waals surface area contributed by atoms with Gasteiger partial charge in [0.2, 0.25) is 11.8 Å². The van der Waals surface area contributed by atoms with E-state index in [1.54, 1.807) is 0 Å². The van der Waals surface area contributed by atoms with Crippen LogP contribution in [0, 0.1) is 0 Å². The van der Waals surface area contributed by atoms with Crippen molar-refractivity contribution in [2.75, 3.05) is 33.2 Å². The topological polar surface area (TPSA) is 161 Å². The molecular formula is C60H66BF12N8O3. The van der Waals surface area contributed by atoms with Crippen LogP contribution in [0.15, 0.2) is 97.3 Å². The molecule has 24 heteroatoms. The van der Waals surface area contributed by atoms with Gasteiger partial charge < -0.3 is 26.0 Å². The number of benzene rings is 4. The summed E-state index contributed by atoms with van der Waals surface area (Å²) in [5.41, 5.74) is 10.3. The van der Waals surface area contributed by atoms with Gasteiger partial charge in [0.15, 0.2) is 0 Å². The number of aromatic nitrogens is 4. The Kier molecular flexibility index (Phi) is 23.4. The summed E-state index contributed by atoms with van der Waals surface area (Å²) >= 11 is 0. The molecule has 4 N–H and O–H groups in total. The largest absolute Gasteiger partial charge is 0.419 e. The summed E-state index contributed by atoms with van der Waals surface area (Å²) in [6, 6.07) is 21.2. The number of likely N-dealkylation sites (tertiary alicyclic amines) is 1. The molecule has 4 aromatic carbocycles. The van der Waals surface area contributed by atoms with Crippen LogP contribution in [0.5, 0.6) is 0 Å². The molecule has 84 heavy (non-hydrogen) atoms. The fraction of sp³-hybridized carbons (Fsp3) is 0.417. The third-order valence-electron chi connectivity index (χ3n) is 14.7. The lowest BCUT2D eigenvalue weighted by molar-refractivity contribution is -0.139. The van der Waals surface area contributed by atoms with Crippen molar-refractivity contribution in [3.8, 4) is 0 Å². The maximum Gasteiger partial charge on any atom is 0.419 e. The smallest absolute Gasteiger partial charge is 0.369 e. The molecule has 2 saturated heterocycles. The van der Waals surface area contributed by atoms with Gasteiger partial charge in [-0.25, -0.2) is 19.9 Å². The molecule has 11 nitrogen and oxygen atoms in total. The van der Waals surface area contributed by atoms with Crippen LogP contribution in [0.25, 0.3) is 0 Å². The zero-order valence-corrected chi connectivity index (χ0v) is 44.5. The molecule has 1 radical (unpaired) electrons. The summed E-state index contributed by atoms with van der Waals surface area (Å²) in [6.07, 6.45) is -14.1. The highest BCUT2D eigenvalue weighted by atomic mass is 19.4. The van der Waals surface area contributed by atoms with Crippen molar-refractivity contribution >= 4 is 25.4 Å². The van der Waals surface area contributed by atoms with Crippen LogP contribution >= 0.6 is 0 Å². The van der Waals surface area contributed by atoms with Crippen molar-refractivity contribution in [3.05, 3.63) is 187 Å². The van der Waals surface area contributed by atoms with Crippen LogP contribution in [0.4, 0.5) is 52.7 Å². The number of rotatable bonds is 18. The van der Waals surface area contributed by atoms with Gasteiger partial charge in [0.05, 0.1) is 52.7 Å². The number of piperidine rings is 2. The minimum atomic E-state index is -4.77. The summed E-state index contributed by atoms with van der Waals surface area (Å²) in [5.74, 6) is -0.414. The van der Waals surface area contributed by atoms with E-state index < -0.39 is 58.8 Å². The molecule has 2 fully saturated rings. The normalized spacial score (nSPS) is 14.8. The monoisotopic (exact) mass is 1190 g/mol. The molecular weight excluding hydrogens is 1120 g/mol. The van der Waals surface area contributed by atoms with Crippen LogP contribution in [0.3, 0.4) is 0 Å². The van der Waals surface area contributed by atoms with Gasteiger partial charge in [0.1, 0.15) is 11.6 Å². The standard InChI is InChI=1S/C29H28BF6N4O2.C29H30F6N4O.2CH4/c31-28(32,33)23-7-5-22(15-26(37)42)21(14-23)6-8-25-24(29(34,35)36)16-38-27(39-25)13-18-1-3-19(4-2-18)20-9-11-40(12-10-20)30-17-41;1-39-12-10-20(11-13-39)19-4-2-18(3-5-19)14-27-37-17-24(29(33,34)35)25(38-27)9-7-21-15-23(28(30,31)32)8-6-22(21)16-26(36)40;;/h1-5,7,14,16-17,20H,6,8-13,15H2,(H2,37,42);2-6,8,15,17,20H,7,9-14,16H2,1H3,(H2,36,40);2*1H4. The third-order valence-corrected chi connectivity index (χ3v) is 14.7. The minimum Gasteiger partial charge on any atom is -0.369 e. The van der Waals surface area contributed by atoms with E-state index in [9.17, 15) is 67.1 Å². The predicted molar refractivity (Wildman–Crippen MR) is 295 cm³/mol. The average Bonchev–Trinajstić information content (AvgIpc) is 3.35. The quantitative estimate of drug-likeness (QED) is 0.0485. The zero-order chi connectivity index (χ0) is 59.6. The van der Waals surface area contributed by atoms with Crippen molar-refractivity contribution in [1.82, 2.24) is 29.6 Å². The second-order valence-electron chi connectivity index (χ2n) is 20.5. The van der Waals surface area contributed by atoms with E-state index in [2.05, 4.69) is 31.9 Å². The number of alkyl halides is 12. The second kappa shape index (κ2) is 29.1. The van der Waals surface area contributed by atoms with E-state index in [1.807, 2.05) is 53.3 Å². The number of hydrogen-bond acceptors (Lipinski definition) is 9. The zero-order valence-electron chi connectivity index (χ0n) is 44.5. The molecule has 4 heterocycles. The first-order chi connectivity index (χ1) is 38.6. The van der Waals surface area contributed by atoms with Gasteiger partial charge in [-0.15, -0.1) is 0 Å². The van der Waals surface area contributed by atoms with E-state index in [0.717, 1.165) is 117 Å². The van der Waals surface area contributed by atoms with E-state index >= 15 is 0 Å². The highest BCUT2D eigenvalue weighted by Crippen LogP contribution is 2.37. The first kappa shape index (κ1) is 67.6. The van der Waals surface area contributed by atoms with Gasteiger partial charge in [-0.2, -0.15) is 52.7 Å². The third kappa shape index (κ3) is 19.2. The number of amides is 2. The average molecular weight is 1190 g/mol. The maximum absolute atomic E-state index is 13.8. The van der Waals surface area contributed by atoms with Gasteiger partial charge in [-0.05, 0) is 165 Å². The number of halogens is 12. The SMILES string of the molecule is C.C.CN1CCC(c2ccc(Cc3ncc(C(F)(F)F)c(CCc4cc(C(F)(F)F)ccc4CC(N)=O)n3)cc2)CC1.NC(=O)Cc1ccc(C(F)(F)F)cc1CCc1nc(Cc2ccc(C3CCN([B]C=O)CC3)cc2)ncc1C(F)(F)F. The highest BCUT2D eigenvalue weighted by molar-refractivity contribution is 6.64. The van der Waals surface area contributed by atoms with Crippen LogP contribution in [-0.2, 0) is 90.5 Å². The van der Waals surface area contributed by atoms with E-state index in [1.165, 1.54) is 13.0 Å². The van der Waals surface area contributed by atoms with Gasteiger partial charge in [-0.1, -0.05) is 75.5 Å². The number of aryl methyl sites for hydroxylation is 4. The van der Waals surface area contributed by atoms with E-state index in [4.69, 9.17) is 11.5 Å². The summed E-state index contributed by atoms with van der Waals surface area (Å²) in [4.78, 5) is 54.0. The Labute approximate surface area is 481 Å². The molecule has 2 amide bonds. The lowest BCUT2D eigenvalue weighted by Gasteiger charge is -2.30. The summed E-state index contributed by atoms with van der Waals surface area (Å²) in [7, 11) is 3.63. The van der Waals surface area contributed by atoms with Crippen LogP contribution in [0.1, 0.15) is 142 Å². The maximum atomic E-state index is 13.8. The van der Waals surface area contributed by atoms with Crippen molar-refractivity contribution in [3.63, 3.8) is 0 Å². The van der Waals surface area contributed by atoms with E-state index in [0.29, 0.717) is 18.0 Å². The fourth-order valence-corrected chi connectivity index (χ4v) is 10.2. The molecule has 0 aliphatic carbocycles. The number of carbonyl (C=O) groups is 3. The number of nitrogens with zero attached hydrogens (tertiary/aromatic N) is 6. The van der Waals surface area contributed by atoms with Crippen LogP contribution in [0.2, 0.25) is 0 Å². The molecule has 0 atom stereocenters. The Bertz CT molecular complexity index is 3160. The molecule has 451 valence electrons. The first-order valence-corrected chi connectivity index (χ1v) is 26.3. The fourth-order valence-electron chi connectivity index (χ4n) is 10.2.